The fourth-order valence-electron chi connectivity index (χ4n) is 2.98. The molecule has 0 aromatic rings. The van der Waals surface area contributed by atoms with Crippen molar-refractivity contribution in [3.63, 3.8) is 0 Å². The first-order valence-electron chi connectivity index (χ1n) is 8.03. The van der Waals surface area contributed by atoms with Crippen LogP contribution in [0.5, 0.6) is 0 Å². The number of nitrogens with one attached hydrogen (secondary N) is 2. The number of aliphatic imine (C=N–C) groups is 1. The normalized spacial score (nSPS) is 23.9. The first-order valence-corrected chi connectivity index (χ1v) is 10.1. The van der Waals surface area contributed by atoms with E-state index < -0.39 is 9.84 Å². The molecule has 1 fully saturated rings. The third-order valence-corrected chi connectivity index (χ3v) is 5.13. The van der Waals surface area contributed by atoms with Crippen molar-refractivity contribution in [2.24, 2.45) is 16.8 Å². The smallest absolute Gasteiger partial charge is 0.190 e. The van der Waals surface area contributed by atoms with E-state index in [0.717, 1.165) is 24.3 Å². The zero-order valence-electron chi connectivity index (χ0n) is 13.7. The van der Waals surface area contributed by atoms with E-state index in [4.69, 9.17) is 0 Å². The molecule has 124 valence electrons. The summed E-state index contributed by atoms with van der Waals surface area (Å²) in [6, 6.07) is 0. The van der Waals surface area contributed by atoms with Crippen molar-refractivity contribution in [3.05, 3.63) is 0 Å². The number of hydrogen-bond acceptors (Lipinski definition) is 3. The summed E-state index contributed by atoms with van der Waals surface area (Å²) in [5, 5.41) is 6.48. The Bertz CT molecular complexity index is 421. The molecule has 2 atom stereocenters. The Hall–Kier alpha value is -0.780. The van der Waals surface area contributed by atoms with Crippen LogP contribution in [0.25, 0.3) is 0 Å². The van der Waals surface area contributed by atoms with E-state index in [0.29, 0.717) is 13.0 Å². The van der Waals surface area contributed by atoms with Crippen LogP contribution in [0.4, 0.5) is 0 Å². The minimum absolute atomic E-state index is 0.219. The van der Waals surface area contributed by atoms with Gasteiger partial charge in [-0.1, -0.05) is 26.2 Å². The largest absolute Gasteiger partial charge is 0.356 e. The molecular weight excluding hydrogens is 286 g/mol. The Morgan fingerprint density at radius 1 is 1.24 bits per heavy atom. The van der Waals surface area contributed by atoms with Gasteiger partial charge in [0.25, 0.3) is 0 Å². The second-order valence-electron chi connectivity index (χ2n) is 6.34. The zero-order chi connectivity index (χ0) is 15.7. The number of guanidine groups is 1. The van der Waals surface area contributed by atoms with Gasteiger partial charge in [-0.05, 0) is 31.1 Å². The SMILES string of the molecule is CN=C(NCCCS(C)(=O)=O)NCCC1CCCC(C)C1. The Morgan fingerprint density at radius 2 is 1.95 bits per heavy atom. The number of sulfone groups is 1. The predicted molar refractivity (Wildman–Crippen MR) is 89.4 cm³/mol. The lowest BCUT2D eigenvalue weighted by Gasteiger charge is -2.26. The minimum Gasteiger partial charge on any atom is -0.356 e. The van der Waals surface area contributed by atoms with E-state index in [9.17, 15) is 8.42 Å². The summed E-state index contributed by atoms with van der Waals surface area (Å²) in [6.07, 6.45) is 8.52. The second kappa shape index (κ2) is 9.28. The van der Waals surface area contributed by atoms with Gasteiger partial charge in [-0.15, -0.1) is 0 Å². The summed E-state index contributed by atoms with van der Waals surface area (Å²) in [5.41, 5.74) is 0. The third kappa shape index (κ3) is 8.96. The monoisotopic (exact) mass is 317 g/mol. The summed E-state index contributed by atoms with van der Waals surface area (Å²) in [4.78, 5) is 4.16. The molecule has 0 heterocycles. The molecule has 0 aromatic heterocycles. The van der Waals surface area contributed by atoms with Gasteiger partial charge < -0.3 is 10.6 Å². The lowest BCUT2D eigenvalue weighted by atomic mass is 9.81. The molecule has 0 bridgehead atoms. The van der Waals surface area contributed by atoms with Gasteiger partial charge >= 0.3 is 0 Å². The Morgan fingerprint density at radius 3 is 2.57 bits per heavy atom. The van der Waals surface area contributed by atoms with Crippen molar-refractivity contribution in [1.82, 2.24) is 10.6 Å². The van der Waals surface area contributed by atoms with Crippen molar-refractivity contribution in [3.8, 4) is 0 Å². The van der Waals surface area contributed by atoms with Gasteiger partial charge in [0, 0.05) is 26.4 Å². The highest BCUT2D eigenvalue weighted by Gasteiger charge is 2.18. The van der Waals surface area contributed by atoms with Crippen LogP contribution in [-0.2, 0) is 9.84 Å². The van der Waals surface area contributed by atoms with E-state index in [1.165, 1.54) is 38.4 Å². The molecule has 0 aliphatic heterocycles. The molecule has 1 rings (SSSR count). The maximum Gasteiger partial charge on any atom is 0.190 e. The highest BCUT2D eigenvalue weighted by Crippen LogP contribution is 2.30. The molecule has 0 aromatic carbocycles. The summed E-state index contributed by atoms with van der Waals surface area (Å²) < 4.78 is 22.1. The molecule has 5 nitrogen and oxygen atoms in total. The molecule has 2 N–H and O–H groups in total. The molecular formula is C15H31N3O2S. The van der Waals surface area contributed by atoms with E-state index in [2.05, 4.69) is 22.5 Å². The van der Waals surface area contributed by atoms with Gasteiger partial charge in [-0.25, -0.2) is 8.42 Å². The maximum atomic E-state index is 11.0. The van der Waals surface area contributed by atoms with Gasteiger partial charge in [0.1, 0.15) is 9.84 Å². The highest BCUT2D eigenvalue weighted by atomic mass is 32.2. The van der Waals surface area contributed by atoms with Crippen LogP contribution >= 0.6 is 0 Å². The van der Waals surface area contributed by atoms with Crippen LogP contribution in [0.2, 0.25) is 0 Å². The lowest BCUT2D eigenvalue weighted by molar-refractivity contribution is 0.270. The third-order valence-electron chi connectivity index (χ3n) is 4.10. The predicted octanol–water partition coefficient (Wildman–Crippen LogP) is 1.80. The van der Waals surface area contributed by atoms with Crippen molar-refractivity contribution in [2.45, 2.75) is 45.4 Å². The van der Waals surface area contributed by atoms with Crippen molar-refractivity contribution >= 4 is 15.8 Å². The molecule has 1 aliphatic rings. The van der Waals surface area contributed by atoms with Crippen LogP contribution in [-0.4, -0.2) is 46.5 Å². The molecule has 0 saturated heterocycles. The molecule has 2 unspecified atom stereocenters. The average Bonchev–Trinajstić information content (AvgIpc) is 2.40. The van der Waals surface area contributed by atoms with E-state index >= 15 is 0 Å². The van der Waals surface area contributed by atoms with Crippen molar-refractivity contribution in [2.75, 3.05) is 32.1 Å². The summed E-state index contributed by atoms with van der Waals surface area (Å²) >= 11 is 0. The lowest BCUT2D eigenvalue weighted by Crippen LogP contribution is -2.39. The van der Waals surface area contributed by atoms with Gasteiger partial charge in [0.15, 0.2) is 5.96 Å². The molecule has 0 amide bonds. The van der Waals surface area contributed by atoms with Crippen LogP contribution in [0.1, 0.15) is 45.4 Å². The summed E-state index contributed by atoms with van der Waals surface area (Å²) in [6.45, 7) is 3.91. The number of hydrogen-bond donors (Lipinski definition) is 2. The van der Waals surface area contributed by atoms with Gasteiger partial charge in [0.2, 0.25) is 0 Å². The molecule has 1 saturated carbocycles. The summed E-state index contributed by atoms with van der Waals surface area (Å²) in [7, 11) is -1.12. The Kier molecular flexibility index (Phi) is 8.07. The molecule has 6 heteroatoms. The highest BCUT2D eigenvalue weighted by molar-refractivity contribution is 7.90. The van der Waals surface area contributed by atoms with Gasteiger partial charge in [-0.3, -0.25) is 4.99 Å². The standard InChI is InChI=1S/C15H31N3O2S/c1-13-6-4-7-14(12-13)8-10-18-15(16-2)17-9-5-11-21(3,19)20/h13-14H,4-12H2,1-3H3,(H2,16,17,18). The van der Waals surface area contributed by atoms with Crippen LogP contribution in [0.15, 0.2) is 4.99 Å². The van der Waals surface area contributed by atoms with Crippen LogP contribution in [0.3, 0.4) is 0 Å². The van der Waals surface area contributed by atoms with E-state index in [-0.39, 0.29) is 5.75 Å². The minimum atomic E-state index is -2.87. The number of rotatable bonds is 7. The maximum absolute atomic E-state index is 11.0. The molecule has 1 aliphatic carbocycles. The first-order chi connectivity index (χ1) is 9.90. The fourth-order valence-corrected chi connectivity index (χ4v) is 3.65. The van der Waals surface area contributed by atoms with Crippen LogP contribution < -0.4 is 10.6 Å². The molecule has 21 heavy (non-hydrogen) atoms. The van der Waals surface area contributed by atoms with Gasteiger partial charge in [0.05, 0.1) is 5.75 Å². The zero-order valence-corrected chi connectivity index (χ0v) is 14.5. The summed E-state index contributed by atoms with van der Waals surface area (Å²) in [5.74, 6) is 2.70. The quantitative estimate of drug-likeness (QED) is 0.427. The van der Waals surface area contributed by atoms with Crippen molar-refractivity contribution < 1.29 is 8.42 Å². The fraction of sp³-hybridized carbons (Fsp3) is 0.933. The van der Waals surface area contributed by atoms with E-state index in [1.807, 2.05) is 0 Å². The average molecular weight is 317 g/mol. The second-order valence-corrected chi connectivity index (χ2v) is 8.60. The Labute approximate surface area is 129 Å². The molecule has 0 spiro atoms. The number of nitrogens with zero attached hydrogens (tertiary/aromatic N) is 1. The first kappa shape index (κ1) is 18.3. The van der Waals surface area contributed by atoms with E-state index in [1.54, 1.807) is 7.05 Å². The molecule has 0 radical (unpaired) electrons. The topological polar surface area (TPSA) is 70.6 Å². The Balaban J connectivity index is 2.13. The van der Waals surface area contributed by atoms with Crippen molar-refractivity contribution in [1.29, 1.82) is 0 Å². The van der Waals surface area contributed by atoms with Gasteiger partial charge in [-0.2, -0.15) is 0 Å². The van der Waals surface area contributed by atoms with Crippen LogP contribution in [0, 0.1) is 11.8 Å².